The minimum atomic E-state index is -0.777. The Morgan fingerprint density at radius 1 is 1.12 bits per heavy atom. The number of hydrogen-bond acceptors (Lipinski definition) is 7. The van der Waals surface area contributed by atoms with Crippen LogP contribution in [0.3, 0.4) is 0 Å². The molecule has 0 aliphatic carbocycles. The maximum Gasteiger partial charge on any atom is 0.349 e. The van der Waals surface area contributed by atoms with Crippen molar-refractivity contribution < 1.29 is 13.9 Å². The Bertz CT molecular complexity index is 1430. The molecule has 32 heavy (non-hydrogen) atoms. The molecule has 4 aromatic rings. The van der Waals surface area contributed by atoms with Crippen molar-refractivity contribution in [1.29, 1.82) is 0 Å². The second kappa shape index (κ2) is 8.50. The summed E-state index contributed by atoms with van der Waals surface area (Å²) >= 11 is 0. The number of fused-ring (bicyclic) bond motifs is 1. The summed E-state index contributed by atoms with van der Waals surface area (Å²) in [6.07, 6.45) is 0. The van der Waals surface area contributed by atoms with E-state index in [-0.39, 0.29) is 29.8 Å². The van der Waals surface area contributed by atoms with E-state index in [1.165, 1.54) is 23.9 Å². The number of benzene rings is 1. The lowest BCUT2D eigenvalue weighted by molar-refractivity contribution is 0.0948. The van der Waals surface area contributed by atoms with Crippen molar-refractivity contribution in [1.82, 2.24) is 24.9 Å². The highest BCUT2D eigenvalue weighted by Crippen LogP contribution is 2.24. The second-order valence-electron chi connectivity index (χ2n) is 7.17. The molecule has 1 N–H and O–H groups in total. The van der Waals surface area contributed by atoms with Crippen LogP contribution in [0.5, 0.6) is 5.75 Å². The Labute approximate surface area is 182 Å². The van der Waals surface area contributed by atoms with Gasteiger partial charge < -0.3 is 14.5 Å². The Hall–Kier alpha value is -4.21. The van der Waals surface area contributed by atoms with Gasteiger partial charge in [-0.3, -0.25) is 9.59 Å². The van der Waals surface area contributed by atoms with Crippen LogP contribution in [-0.2, 0) is 6.54 Å². The number of methoxy groups -OCH3 is 1. The van der Waals surface area contributed by atoms with Gasteiger partial charge in [-0.2, -0.15) is 5.10 Å². The molecule has 10 heteroatoms. The number of ether oxygens (including phenoxy) is 1. The molecule has 10 nitrogen and oxygen atoms in total. The van der Waals surface area contributed by atoms with Crippen molar-refractivity contribution >= 4 is 16.9 Å². The second-order valence-corrected chi connectivity index (χ2v) is 7.17. The van der Waals surface area contributed by atoms with Crippen LogP contribution >= 0.6 is 0 Å². The van der Waals surface area contributed by atoms with Crippen molar-refractivity contribution in [2.75, 3.05) is 13.7 Å². The smallest absolute Gasteiger partial charge is 0.349 e. The summed E-state index contributed by atoms with van der Waals surface area (Å²) in [6.45, 7) is 3.96. The van der Waals surface area contributed by atoms with Crippen molar-refractivity contribution in [2.24, 2.45) is 0 Å². The maximum atomic E-state index is 12.6. The summed E-state index contributed by atoms with van der Waals surface area (Å²) in [5.41, 5.74) is 0.758. The van der Waals surface area contributed by atoms with Crippen LogP contribution in [0.4, 0.5) is 0 Å². The van der Waals surface area contributed by atoms with Gasteiger partial charge in [-0.05, 0) is 38.1 Å². The topological polar surface area (TPSA) is 121 Å². The fourth-order valence-electron chi connectivity index (χ4n) is 3.38. The van der Waals surface area contributed by atoms with Gasteiger partial charge in [0.15, 0.2) is 17.2 Å². The molecule has 0 spiro atoms. The number of amides is 1. The predicted octanol–water partition coefficient (Wildman–Crippen LogP) is 1.59. The van der Waals surface area contributed by atoms with Crippen LogP contribution in [0.2, 0.25) is 0 Å². The molecule has 0 saturated heterocycles. The zero-order valence-corrected chi connectivity index (χ0v) is 17.8. The number of para-hydroxylation sites is 1. The van der Waals surface area contributed by atoms with Crippen molar-refractivity contribution in [3.05, 3.63) is 80.2 Å². The lowest BCUT2D eigenvalue weighted by Gasteiger charge is -2.09. The molecule has 3 heterocycles. The highest BCUT2D eigenvalue weighted by Gasteiger charge is 2.15. The van der Waals surface area contributed by atoms with Crippen LogP contribution in [-0.4, -0.2) is 39.1 Å². The Kier molecular flexibility index (Phi) is 5.59. The summed E-state index contributed by atoms with van der Waals surface area (Å²) in [6, 6.07) is 11.4. The third-order valence-electron chi connectivity index (χ3n) is 4.88. The van der Waals surface area contributed by atoms with E-state index in [1.54, 1.807) is 28.9 Å². The summed E-state index contributed by atoms with van der Waals surface area (Å²) in [5, 5.41) is 11.9. The first-order valence-corrected chi connectivity index (χ1v) is 9.88. The van der Waals surface area contributed by atoms with Gasteiger partial charge in [0.25, 0.3) is 11.5 Å². The number of aromatic nitrogens is 4. The molecule has 0 aliphatic heterocycles. The highest BCUT2D eigenvalue weighted by molar-refractivity contribution is 5.97. The summed E-state index contributed by atoms with van der Waals surface area (Å²) in [5.74, 6) is 0.288. The predicted molar refractivity (Wildman–Crippen MR) is 116 cm³/mol. The molecule has 0 unspecified atom stereocenters. The largest absolute Gasteiger partial charge is 0.493 e. The third kappa shape index (κ3) is 4.02. The number of carbonyl (C=O) groups excluding carboxylic acids is 1. The van der Waals surface area contributed by atoms with Crippen LogP contribution in [0.15, 0.2) is 56.5 Å². The van der Waals surface area contributed by atoms with Crippen LogP contribution in [0.1, 0.15) is 21.7 Å². The molecule has 0 radical (unpaired) electrons. The lowest BCUT2D eigenvalue weighted by atomic mass is 10.1. The van der Waals surface area contributed by atoms with Crippen LogP contribution < -0.4 is 21.2 Å². The Morgan fingerprint density at radius 3 is 2.66 bits per heavy atom. The Balaban J connectivity index is 1.50. The number of nitrogens with one attached hydrogen (secondary N) is 1. The number of aryl methyl sites for hydroxylation is 2. The minimum absolute atomic E-state index is 0.0852. The SMILES string of the molecule is COc1cccc2cc(C(=O)NCCn3nc(-n4nc(C)cc4C)ccc3=O)c(=O)oc12. The van der Waals surface area contributed by atoms with Crippen LogP contribution in [0.25, 0.3) is 16.8 Å². The zero-order valence-electron chi connectivity index (χ0n) is 17.8. The molecule has 1 aromatic carbocycles. The summed E-state index contributed by atoms with van der Waals surface area (Å²) < 4.78 is 13.3. The number of rotatable bonds is 6. The van der Waals surface area contributed by atoms with Gasteiger partial charge in [0.2, 0.25) is 0 Å². The van der Waals surface area contributed by atoms with Gasteiger partial charge in [0.05, 0.1) is 19.3 Å². The molecule has 0 saturated carbocycles. The first kappa shape index (κ1) is 21.0. The third-order valence-corrected chi connectivity index (χ3v) is 4.88. The standard InChI is InChI=1S/C22H21N5O5/c1-13-11-14(2)27(24-13)18-7-8-19(28)26(25-18)10-9-23-21(29)16-12-15-5-4-6-17(31-3)20(15)32-22(16)30/h4-8,11-12H,9-10H2,1-3H3,(H,23,29). The molecule has 1 amide bonds. The molecular weight excluding hydrogens is 414 g/mol. The first-order valence-electron chi connectivity index (χ1n) is 9.88. The fourth-order valence-corrected chi connectivity index (χ4v) is 3.38. The van der Waals surface area contributed by atoms with E-state index in [0.29, 0.717) is 17.0 Å². The molecule has 164 valence electrons. The quantitative estimate of drug-likeness (QED) is 0.457. The van der Waals surface area contributed by atoms with Gasteiger partial charge in [-0.25, -0.2) is 14.2 Å². The number of hydrogen-bond donors (Lipinski definition) is 1. The number of carbonyl (C=O) groups is 1. The Morgan fingerprint density at radius 2 is 1.94 bits per heavy atom. The molecule has 0 aliphatic rings. The van der Waals surface area contributed by atoms with E-state index >= 15 is 0 Å². The highest BCUT2D eigenvalue weighted by atomic mass is 16.5. The van der Waals surface area contributed by atoms with Gasteiger partial charge in [-0.1, -0.05) is 12.1 Å². The van der Waals surface area contributed by atoms with Crippen LogP contribution in [0, 0.1) is 13.8 Å². The van der Waals surface area contributed by atoms with Gasteiger partial charge in [0.1, 0.15) is 5.56 Å². The molecular formula is C22H21N5O5. The van der Waals surface area contributed by atoms with Gasteiger partial charge >= 0.3 is 5.63 Å². The summed E-state index contributed by atoms with van der Waals surface area (Å²) in [4.78, 5) is 37.0. The lowest BCUT2D eigenvalue weighted by Crippen LogP contribution is -2.34. The van der Waals surface area contributed by atoms with E-state index in [4.69, 9.17) is 9.15 Å². The average molecular weight is 435 g/mol. The van der Waals surface area contributed by atoms with E-state index < -0.39 is 11.5 Å². The van der Waals surface area contributed by atoms with E-state index in [0.717, 1.165) is 11.4 Å². The van der Waals surface area contributed by atoms with Crippen molar-refractivity contribution in [2.45, 2.75) is 20.4 Å². The van der Waals surface area contributed by atoms with Gasteiger partial charge in [-0.15, -0.1) is 5.10 Å². The molecule has 0 atom stereocenters. The van der Waals surface area contributed by atoms with Crippen molar-refractivity contribution in [3.8, 4) is 11.6 Å². The monoisotopic (exact) mass is 435 g/mol. The minimum Gasteiger partial charge on any atom is -0.493 e. The molecule has 0 fully saturated rings. The first-order chi connectivity index (χ1) is 15.4. The van der Waals surface area contributed by atoms with E-state index in [1.807, 2.05) is 19.9 Å². The normalized spacial score (nSPS) is 11.0. The van der Waals surface area contributed by atoms with E-state index in [9.17, 15) is 14.4 Å². The van der Waals surface area contributed by atoms with Crippen molar-refractivity contribution in [3.63, 3.8) is 0 Å². The summed E-state index contributed by atoms with van der Waals surface area (Å²) in [7, 11) is 1.47. The molecule has 3 aromatic heterocycles. The van der Waals surface area contributed by atoms with Gasteiger partial charge in [0, 0.05) is 23.7 Å². The fraction of sp³-hybridized carbons (Fsp3) is 0.227. The molecule has 4 rings (SSSR count). The zero-order chi connectivity index (χ0) is 22.8. The molecule has 0 bridgehead atoms. The van der Waals surface area contributed by atoms with E-state index in [2.05, 4.69) is 15.5 Å². The maximum absolute atomic E-state index is 12.6. The average Bonchev–Trinajstić information content (AvgIpc) is 3.11. The number of nitrogens with zero attached hydrogens (tertiary/aromatic N) is 4.